The van der Waals surface area contributed by atoms with Crippen molar-refractivity contribution in [2.24, 2.45) is 0 Å². The van der Waals surface area contributed by atoms with Crippen molar-refractivity contribution in [3.05, 3.63) is 0 Å². The minimum Gasteiger partial charge on any atom is -0.481 e. The maximum Gasteiger partial charge on any atom is 0.362 e. The Bertz CT molecular complexity index is 673. The smallest absolute Gasteiger partial charge is 0.362 e. The fourth-order valence-electron chi connectivity index (χ4n) is 3.55. The first kappa shape index (κ1) is 27.7. The van der Waals surface area contributed by atoms with Gasteiger partial charge in [0.25, 0.3) is 0 Å². The molecule has 0 bridgehead atoms. The molecule has 0 aliphatic carbocycles. The number of carboxylic acids is 1. The third-order valence-corrected chi connectivity index (χ3v) is 5.41. The molecule has 9 N–H and O–H groups in total. The van der Waals surface area contributed by atoms with Crippen molar-refractivity contribution in [2.45, 2.75) is 80.2 Å². The van der Waals surface area contributed by atoms with Gasteiger partial charge < -0.3 is 60.2 Å². The van der Waals surface area contributed by atoms with Crippen LogP contribution in [0.2, 0.25) is 0 Å². The van der Waals surface area contributed by atoms with E-state index in [1.807, 2.05) is 0 Å². The average Bonchev–Trinajstić information content (AvgIpc) is 3.02. The fourth-order valence-corrected chi connectivity index (χ4v) is 3.55. The number of esters is 1. The molecule has 0 spiro atoms. The largest absolute Gasteiger partial charge is 0.481 e. The van der Waals surface area contributed by atoms with E-state index >= 15 is 0 Å². The number of aliphatic carboxylic acids is 1. The number of carboxylic acid groups (broad SMARTS) is 1. The molecule has 0 aromatic rings. The van der Waals surface area contributed by atoms with Crippen LogP contribution in [0.3, 0.4) is 0 Å². The predicted molar refractivity (Wildman–Crippen MR) is 99.8 cm³/mol. The number of ether oxygens (including phenoxy) is 4. The molecule has 0 radical (unpaired) electrons. The normalized spacial score (nSPS) is 41.2. The van der Waals surface area contributed by atoms with Crippen LogP contribution in [0, 0.1) is 0 Å². The van der Waals surface area contributed by atoms with E-state index in [2.05, 4.69) is 0 Å². The second-order valence-corrected chi connectivity index (χ2v) is 7.79. The number of aliphatic hydroxyl groups is 8. The highest BCUT2D eigenvalue weighted by atomic mass is 16.9. The van der Waals surface area contributed by atoms with Crippen molar-refractivity contribution >= 4 is 11.9 Å². The molecule has 2 aliphatic heterocycles. The maximum atomic E-state index is 12.4. The molecule has 0 aromatic carbocycles. The van der Waals surface area contributed by atoms with E-state index in [1.54, 1.807) is 0 Å². The van der Waals surface area contributed by atoms with Gasteiger partial charge in [-0.1, -0.05) is 0 Å². The van der Waals surface area contributed by atoms with Crippen LogP contribution < -0.4 is 0 Å². The Morgan fingerprint density at radius 2 is 1.36 bits per heavy atom. The van der Waals surface area contributed by atoms with E-state index in [4.69, 9.17) is 24.1 Å². The number of carbonyl (C=O) groups is 2. The summed E-state index contributed by atoms with van der Waals surface area (Å²) in [6, 6.07) is 0. The highest BCUT2D eigenvalue weighted by Crippen LogP contribution is 2.41. The van der Waals surface area contributed by atoms with Crippen LogP contribution in [-0.4, -0.2) is 132 Å². The fraction of sp³-hybridized carbons (Fsp3) is 0.889. The number of aliphatic hydroxyl groups excluding tert-OH is 8. The van der Waals surface area contributed by atoms with Crippen LogP contribution in [0.15, 0.2) is 0 Å². The second-order valence-electron chi connectivity index (χ2n) is 7.79. The summed E-state index contributed by atoms with van der Waals surface area (Å²) in [6.45, 7) is -3.01. The van der Waals surface area contributed by atoms with Crippen LogP contribution in [0.1, 0.15) is 25.7 Å². The predicted octanol–water partition coefficient (Wildman–Crippen LogP) is -4.88. The van der Waals surface area contributed by atoms with Crippen molar-refractivity contribution in [1.82, 2.24) is 0 Å². The third-order valence-electron chi connectivity index (χ3n) is 5.41. The van der Waals surface area contributed by atoms with Crippen LogP contribution >= 0.6 is 0 Å². The van der Waals surface area contributed by atoms with Gasteiger partial charge in [0, 0.05) is 12.8 Å². The molecule has 192 valence electrons. The van der Waals surface area contributed by atoms with Crippen molar-refractivity contribution in [1.29, 1.82) is 0 Å². The molecule has 15 heteroatoms. The minimum absolute atomic E-state index is 0.0293. The van der Waals surface area contributed by atoms with E-state index in [1.165, 1.54) is 0 Å². The van der Waals surface area contributed by atoms with E-state index in [9.17, 15) is 50.4 Å². The Balaban J connectivity index is 2.34. The summed E-state index contributed by atoms with van der Waals surface area (Å²) in [6.07, 6.45) is -13.9. The van der Waals surface area contributed by atoms with Gasteiger partial charge in [-0.3, -0.25) is 14.3 Å². The van der Waals surface area contributed by atoms with E-state index in [0.29, 0.717) is 0 Å². The number of unbranched alkanes of at least 4 members (excludes halogenated alkanes) is 1. The highest BCUT2D eigenvalue weighted by Gasteiger charge is 2.65. The zero-order valence-electron chi connectivity index (χ0n) is 17.5. The molecule has 33 heavy (non-hydrogen) atoms. The van der Waals surface area contributed by atoms with Gasteiger partial charge in [-0.05, 0) is 12.8 Å². The first-order valence-corrected chi connectivity index (χ1v) is 10.2. The molecule has 2 saturated heterocycles. The lowest BCUT2D eigenvalue weighted by Gasteiger charge is -2.49. The molecular formula is C18H30O15. The molecule has 2 rings (SSSR count). The van der Waals surface area contributed by atoms with Gasteiger partial charge in [0.1, 0.15) is 43.2 Å². The number of hydrogen-bond donors (Lipinski definition) is 9. The maximum absolute atomic E-state index is 12.4. The first-order valence-electron chi connectivity index (χ1n) is 10.2. The molecule has 9 atom stereocenters. The Labute approximate surface area is 187 Å². The summed E-state index contributed by atoms with van der Waals surface area (Å²) in [7, 11) is 0. The summed E-state index contributed by atoms with van der Waals surface area (Å²) < 4.78 is 20.9. The molecule has 1 unspecified atom stereocenters. The zero-order valence-corrected chi connectivity index (χ0v) is 17.5. The SMILES string of the molecule is O=C(O)CCCCC(=O)O[C@@]1(OC2(CO)O[C@H](CO)[C@@H](O)[C@@H]2O)O[C@H](CO)[C@@H](O)[C@H](O)[C@H]1O. The van der Waals surface area contributed by atoms with Crippen molar-refractivity contribution < 1.29 is 74.5 Å². The molecule has 0 amide bonds. The van der Waals surface area contributed by atoms with Crippen LogP contribution in [0.4, 0.5) is 0 Å². The van der Waals surface area contributed by atoms with Crippen LogP contribution in [0.25, 0.3) is 0 Å². The molecule has 0 aromatic heterocycles. The zero-order chi connectivity index (χ0) is 25.0. The van der Waals surface area contributed by atoms with Crippen molar-refractivity contribution in [3.63, 3.8) is 0 Å². The Morgan fingerprint density at radius 1 is 0.788 bits per heavy atom. The molecular weight excluding hydrogens is 456 g/mol. The molecule has 15 nitrogen and oxygen atoms in total. The van der Waals surface area contributed by atoms with Crippen molar-refractivity contribution in [3.8, 4) is 0 Å². The van der Waals surface area contributed by atoms with Gasteiger partial charge in [-0.15, -0.1) is 0 Å². The molecule has 0 saturated carbocycles. The number of carbonyl (C=O) groups excluding carboxylic acids is 1. The van der Waals surface area contributed by atoms with Crippen molar-refractivity contribution in [2.75, 3.05) is 19.8 Å². The summed E-state index contributed by atoms with van der Waals surface area (Å²) in [4.78, 5) is 23.0. The summed E-state index contributed by atoms with van der Waals surface area (Å²) in [5.74, 6) is -7.94. The van der Waals surface area contributed by atoms with Crippen LogP contribution in [0.5, 0.6) is 0 Å². The summed E-state index contributed by atoms with van der Waals surface area (Å²) in [5, 5.41) is 88.6. The van der Waals surface area contributed by atoms with E-state index < -0.39 is 92.7 Å². The second kappa shape index (κ2) is 11.3. The third kappa shape index (κ3) is 5.77. The molecule has 2 aliphatic rings. The van der Waals surface area contributed by atoms with Gasteiger partial charge in [0.15, 0.2) is 6.10 Å². The molecule has 2 fully saturated rings. The van der Waals surface area contributed by atoms with Gasteiger partial charge in [-0.2, -0.15) is 0 Å². The standard InChI is InChI=1S/C18H30O15/c19-5-8-12(25)14(27)16(29)18(31-8,32-11(24)4-2-1-3-10(22)23)33-17(7-21)15(28)13(26)9(6-20)30-17/h8-9,12-16,19-21,25-29H,1-7H2,(H,22,23)/t8-,9-,12-,13-,14+,15+,16-,17?,18+/m1/s1. The highest BCUT2D eigenvalue weighted by molar-refractivity contribution is 5.70. The first-order chi connectivity index (χ1) is 15.5. The Morgan fingerprint density at radius 3 is 1.88 bits per heavy atom. The number of hydrogen-bond acceptors (Lipinski definition) is 14. The van der Waals surface area contributed by atoms with E-state index in [-0.39, 0.29) is 19.3 Å². The van der Waals surface area contributed by atoms with E-state index in [0.717, 1.165) is 0 Å². The monoisotopic (exact) mass is 486 g/mol. The topological polar surface area (TPSA) is 253 Å². The van der Waals surface area contributed by atoms with Gasteiger partial charge in [0.2, 0.25) is 5.79 Å². The average molecular weight is 486 g/mol. The summed E-state index contributed by atoms with van der Waals surface area (Å²) >= 11 is 0. The lowest BCUT2D eigenvalue weighted by atomic mass is 9.97. The lowest BCUT2D eigenvalue weighted by Crippen LogP contribution is -2.70. The number of rotatable bonds is 11. The van der Waals surface area contributed by atoms with Crippen LogP contribution in [-0.2, 0) is 28.5 Å². The Hall–Kier alpha value is -1.50. The molecule has 2 heterocycles. The minimum atomic E-state index is -3.07. The van der Waals surface area contributed by atoms with Gasteiger partial charge >= 0.3 is 17.9 Å². The quantitative estimate of drug-likeness (QED) is 0.0753. The van der Waals surface area contributed by atoms with Gasteiger partial charge in [0.05, 0.1) is 13.2 Å². The Kier molecular flexibility index (Phi) is 9.49. The lowest BCUT2D eigenvalue weighted by molar-refractivity contribution is -0.498. The summed E-state index contributed by atoms with van der Waals surface area (Å²) in [5.41, 5.74) is 0. The van der Waals surface area contributed by atoms with Gasteiger partial charge in [-0.25, -0.2) is 0 Å².